The number of halogens is 1. The van der Waals surface area contributed by atoms with Crippen molar-refractivity contribution >= 4 is 45.9 Å². The summed E-state index contributed by atoms with van der Waals surface area (Å²) in [6.07, 6.45) is 1.97. The Kier molecular flexibility index (Phi) is 4.66. The largest absolute Gasteiger partial charge is 0.322 e. The molecule has 2 nitrogen and oxygen atoms in total. The highest BCUT2D eigenvalue weighted by Gasteiger charge is 2.10. The van der Waals surface area contributed by atoms with Gasteiger partial charge in [-0.05, 0) is 59.2 Å². The second-order valence-electron chi connectivity index (χ2n) is 3.66. The number of anilines is 1. The number of carbonyl (C=O) groups is 1. The van der Waals surface area contributed by atoms with Crippen LogP contribution in [0.4, 0.5) is 5.69 Å². The first-order valence-electron chi connectivity index (χ1n) is 5.40. The van der Waals surface area contributed by atoms with Gasteiger partial charge in [-0.2, -0.15) is 0 Å². The van der Waals surface area contributed by atoms with E-state index in [4.69, 9.17) is 0 Å². The average molecular weight is 369 g/mol. The summed E-state index contributed by atoms with van der Waals surface area (Å²) in [6.45, 7) is 0. The predicted molar refractivity (Wildman–Crippen MR) is 85.3 cm³/mol. The molecule has 0 fully saturated rings. The maximum absolute atomic E-state index is 12.2. The van der Waals surface area contributed by atoms with Crippen molar-refractivity contribution in [1.82, 2.24) is 0 Å². The standard InChI is InChI=1S/C14H12INOS/c1-18-13-8-3-2-7-12(13)14(17)16-11-6-4-5-10(15)9-11/h2-9H,1H3,(H,16,17). The Morgan fingerprint density at radius 3 is 2.67 bits per heavy atom. The Balaban J connectivity index is 2.22. The number of hydrogen-bond acceptors (Lipinski definition) is 2. The summed E-state index contributed by atoms with van der Waals surface area (Å²) in [5.41, 5.74) is 1.53. The first-order valence-corrected chi connectivity index (χ1v) is 7.71. The lowest BCUT2D eigenvalue weighted by atomic mass is 10.2. The van der Waals surface area contributed by atoms with Gasteiger partial charge in [0.05, 0.1) is 5.56 Å². The number of hydrogen-bond donors (Lipinski definition) is 1. The fraction of sp³-hybridized carbons (Fsp3) is 0.0714. The van der Waals surface area contributed by atoms with E-state index < -0.39 is 0 Å². The van der Waals surface area contributed by atoms with Crippen LogP contribution in [0.3, 0.4) is 0 Å². The summed E-state index contributed by atoms with van der Waals surface area (Å²) < 4.78 is 1.10. The van der Waals surface area contributed by atoms with Crippen LogP contribution >= 0.6 is 34.4 Å². The van der Waals surface area contributed by atoms with Crippen molar-refractivity contribution in [2.45, 2.75) is 4.90 Å². The molecule has 0 heterocycles. The van der Waals surface area contributed by atoms with Crippen molar-refractivity contribution in [3.8, 4) is 0 Å². The molecular formula is C14H12INOS. The third kappa shape index (κ3) is 3.26. The molecule has 0 saturated heterocycles. The van der Waals surface area contributed by atoms with E-state index >= 15 is 0 Å². The lowest BCUT2D eigenvalue weighted by molar-refractivity contribution is 0.102. The molecule has 0 saturated carbocycles. The molecule has 0 radical (unpaired) electrons. The van der Waals surface area contributed by atoms with Crippen LogP contribution < -0.4 is 5.32 Å². The molecule has 0 aromatic heterocycles. The van der Waals surface area contributed by atoms with E-state index in [1.54, 1.807) is 11.8 Å². The SMILES string of the molecule is CSc1ccccc1C(=O)Nc1cccc(I)c1. The Morgan fingerprint density at radius 2 is 1.94 bits per heavy atom. The van der Waals surface area contributed by atoms with Crippen LogP contribution in [0, 0.1) is 3.57 Å². The summed E-state index contributed by atoms with van der Waals surface area (Å²) in [5.74, 6) is -0.0676. The molecule has 18 heavy (non-hydrogen) atoms. The van der Waals surface area contributed by atoms with Gasteiger partial charge in [0.25, 0.3) is 5.91 Å². The van der Waals surface area contributed by atoms with E-state index in [-0.39, 0.29) is 5.91 Å². The van der Waals surface area contributed by atoms with Gasteiger partial charge >= 0.3 is 0 Å². The Bertz CT molecular complexity index is 571. The van der Waals surface area contributed by atoms with Gasteiger partial charge in [-0.1, -0.05) is 18.2 Å². The average Bonchev–Trinajstić information content (AvgIpc) is 2.38. The van der Waals surface area contributed by atoms with Crippen molar-refractivity contribution in [1.29, 1.82) is 0 Å². The summed E-state index contributed by atoms with van der Waals surface area (Å²) >= 11 is 3.80. The first kappa shape index (κ1) is 13.4. The van der Waals surface area contributed by atoms with Crippen LogP contribution in [0.2, 0.25) is 0 Å². The highest BCUT2D eigenvalue weighted by atomic mass is 127. The fourth-order valence-electron chi connectivity index (χ4n) is 1.60. The smallest absolute Gasteiger partial charge is 0.256 e. The predicted octanol–water partition coefficient (Wildman–Crippen LogP) is 4.27. The van der Waals surface area contributed by atoms with Gasteiger partial charge in [0.1, 0.15) is 0 Å². The van der Waals surface area contributed by atoms with Gasteiger partial charge in [0.15, 0.2) is 0 Å². The highest BCUT2D eigenvalue weighted by molar-refractivity contribution is 14.1. The molecule has 2 aromatic carbocycles. The number of rotatable bonds is 3. The maximum Gasteiger partial charge on any atom is 0.256 e. The number of carbonyl (C=O) groups excluding carboxylic acids is 1. The number of nitrogens with one attached hydrogen (secondary N) is 1. The molecule has 0 unspecified atom stereocenters. The van der Waals surface area contributed by atoms with Crippen LogP contribution in [-0.4, -0.2) is 12.2 Å². The quantitative estimate of drug-likeness (QED) is 0.647. The van der Waals surface area contributed by atoms with Gasteiger partial charge < -0.3 is 5.32 Å². The number of benzene rings is 2. The Hall–Kier alpha value is -1.01. The monoisotopic (exact) mass is 369 g/mol. The van der Waals surface area contributed by atoms with E-state index in [2.05, 4.69) is 27.9 Å². The van der Waals surface area contributed by atoms with Crippen molar-refractivity contribution in [2.24, 2.45) is 0 Å². The second kappa shape index (κ2) is 6.24. The summed E-state index contributed by atoms with van der Waals surface area (Å²) in [5, 5.41) is 2.92. The summed E-state index contributed by atoms with van der Waals surface area (Å²) in [4.78, 5) is 13.2. The first-order chi connectivity index (χ1) is 8.70. The van der Waals surface area contributed by atoms with Gasteiger partial charge in [-0.3, -0.25) is 4.79 Å². The summed E-state index contributed by atoms with van der Waals surface area (Å²) in [7, 11) is 0. The minimum Gasteiger partial charge on any atom is -0.322 e. The number of thioether (sulfide) groups is 1. The van der Waals surface area contributed by atoms with Gasteiger partial charge in [0.2, 0.25) is 0 Å². The minimum absolute atomic E-state index is 0.0676. The third-order valence-electron chi connectivity index (χ3n) is 2.43. The normalized spacial score (nSPS) is 10.1. The highest BCUT2D eigenvalue weighted by Crippen LogP contribution is 2.21. The fourth-order valence-corrected chi connectivity index (χ4v) is 2.74. The van der Waals surface area contributed by atoms with E-state index in [1.807, 2.05) is 54.8 Å². The molecule has 1 N–H and O–H groups in total. The molecule has 0 aliphatic heterocycles. The van der Waals surface area contributed by atoms with Crippen molar-refractivity contribution < 1.29 is 4.79 Å². The van der Waals surface area contributed by atoms with Crippen LogP contribution in [0.1, 0.15) is 10.4 Å². The van der Waals surface area contributed by atoms with E-state index in [1.165, 1.54) is 0 Å². The molecule has 4 heteroatoms. The van der Waals surface area contributed by atoms with Gasteiger partial charge in [-0.15, -0.1) is 11.8 Å². The lowest BCUT2D eigenvalue weighted by Gasteiger charge is -2.08. The summed E-state index contributed by atoms with van der Waals surface area (Å²) in [6, 6.07) is 15.4. The maximum atomic E-state index is 12.2. The van der Waals surface area contributed by atoms with E-state index in [9.17, 15) is 4.79 Å². The van der Waals surface area contributed by atoms with Crippen molar-refractivity contribution in [2.75, 3.05) is 11.6 Å². The Morgan fingerprint density at radius 1 is 1.17 bits per heavy atom. The molecule has 1 amide bonds. The molecule has 0 atom stereocenters. The molecule has 0 aliphatic rings. The van der Waals surface area contributed by atoms with E-state index in [0.717, 1.165) is 14.2 Å². The molecule has 2 aromatic rings. The Labute approximate surface area is 124 Å². The van der Waals surface area contributed by atoms with Gasteiger partial charge in [-0.25, -0.2) is 0 Å². The number of amides is 1. The van der Waals surface area contributed by atoms with Crippen LogP contribution in [0.25, 0.3) is 0 Å². The lowest BCUT2D eigenvalue weighted by Crippen LogP contribution is -2.12. The third-order valence-corrected chi connectivity index (χ3v) is 3.90. The molecule has 2 rings (SSSR count). The van der Waals surface area contributed by atoms with Crippen LogP contribution in [-0.2, 0) is 0 Å². The van der Waals surface area contributed by atoms with Crippen LogP contribution in [0.5, 0.6) is 0 Å². The molecule has 0 bridgehead atoms. The zero-order chi connectivity index (χ0) is 13.0. The molecule has 0 spiro atoms. The van der Waals surface area contributed by atoms with Crippen molar-refractivity contribution in [3.05, 3.63) is 57.7 Å². The molecule has 0 aliphatic carbocycles. The van der Waals surface area contributed by atoms with Gasteiger partial charge in [0, 0.05) is 14.2 Å². The zero-order valence-electron chi connectivity index (χ0n) is 9.81. The topological polar surface area (TPSA) is 29.1 Å². The van der Waals surface area contributed by atoms with Crippen LogP contribution in [0.15, 0.2) is 53.4 Å². The minimum atomic E-state index is -0.0676. The molecular weight excluding hydrogens is 357 g/mol. The van der Waals surface area contributed by atoms with Crippen molar-refractivity contribution in [3.63, 3.8) is 0 Å². The second-order valence-corrected chi connectivity index (χ2v) is 5.76. The zero-order valence-corrected chi connectivity index (χ0v) is 12.8. The molecule has 92 valence electrons. The van der Waals surface area contributed by atoms with E-state index in [0.29, 0.717) is 5.56 Å².